The minimum absolute atomic E-state index is 0.710. The predicted molar refractivity (Wildman–Crippen MR) is 141 cm³/mol. The van der Waals surface area contributed by atoms with E-state index in [0.717, 1.165) is 62.2 Å². The molecular weight excluding hydrogens is 440 g/mol. The van der Waals surface area contributed by atoms with Gasteiger partial charge in [-0.15, -0.1) is 0 Å². The highest BCUT2D eigenvalue weighted by Crippen LogP contribution is 2.32. The number of aliphatic imine (C=N–C) groups is 1. The van der Waals surface area contributed by atoms with E-state index < -0.39 is 0 Å². The molecule has 2 aromatic heterocycles. The van der Waals surface area contributed by atoms with Crippen LogP contribution in [0.2, 0.25) is 0 Å². The molecule has 0 radical (unpaired) electrons. The largest absolute Gasteiger partial charge is 0.378 e. The summed E-state index contributed by atoms with van der Waals surface area (Å²) in [6, 6.07) is 4.84. The van der Waals surface area contributed by atoms with Crippen LogP contribution >= 0.6 is 0 Å². The molecule has 0 aromatic carbocycles. The van der Waals surface area contributed by atoms with Gasteiger partial charge in [0.1, 0.15) is 5.82 Å². The number of likely N-dealkylation sites (N-methyl/N-ethyl adjacent to an activating group) is 1. The van der Waals surface area contributed by atoms with E-state index in [4.69, 9.17) is 4.74 Å². The van der Waals surface area contributed by atoms with Gasteiger partial charge in [0.2, 0.25) is 0 Å². The van der Waals surface area contributed by atoms with Crippen molar-refractivity contribution in [3.05, 3.63) is 30.2 Å². The number of nitrogens with zero attached hydrogens (tertiary/aromatic N) is 8. The van der Waals surface area contributed by atoms with Crippen LogP contribution in [0.15, 0.2) is 35.2 Å². The van der Waals surface area contributed by atoms with Crippen LogP contribution in [-0.2, 0) is 4.74 Å². The second-order valence-electron chi connectivity index (χ2n) is 9.81. The number of hydrogen-bond acceptors (Lipinski definition) is 8. The molecule has 0 unspecified atom stereocenters. The first-order chi connectivity index (χ1) is 17.1. The number of morpholine rings is 1. The van der Waals surface area contributed by atoms with E-state index >= 15 is 0 Å². The molecule has 5 rings (SSSR count). The minimum Gasteiger partial charge on any atom is -0.378 e. The Bertz CT molecular complexity index is 1030. The maximum absolute atomic E-state index is 5.48. The molecular formula is C26H38N8O. The zero-order chi connectivity index (χ0) is 24.2. The molecule has 35 heavy (non-hydrogen) atoms. The summed E-state index contributed by atoms with van der Waals surface area (Å²) in [5.41, 5.74) is 3.23. The molecule has 0 bridgehead atoms. The summed E-state index contributed by atoms with van der Waals surface area (Å²) in [6.45, 7) is 16.1. The molecule has 0 spiro atoms. The molecule has 0 aliphatic carbocycles. The number of aromatic nitrogens is 3. The zero-order valence-electron chi connectivity index (χ0n) is 21.1. The van der Waals surface area contributed by atoms with Gasteiger partial charge >= 0.3 is 0 Å². The minimum atomic E-state index is 0.710. The van der Waals surface area contributed by atoms with Crippen molar-refractivity contribution in [3.8, 4) is 11.1 Å². The Kier molecular flexibility index (Phi) is 7.46. The SMILES string of the molecule is C=Nc1c(-c2ccnc(N3CCOCC3)c2)cnn1/C=C(\C)N1CCC(N2CCN(C)CC2)CC1. The van der Waals surface area contributed by atoms with Gasteiger partial charge in [-0.1, -0.05) is 0 Å². The zero-order valence-corrected chi connectivity index (χ0v) is 21.1. The van der Waals surface area contributed by atoms with Gasteiger partial charge in [-0.3, -0.25) is 4.90 Å². The number of pyridine rings is 1. The van der Waals surface area contributed by atoms with Gasteiger partial charge < -0.3 is 19.4 Å². The van der Waals surface area contributed by atoms with Crippen molar-refractivity contribution >= 4 is 24.6 Å². The lowest BCUT2D eigenvalue weighted by Gasteiger charge is -2.42. The number of piperidine rings is 1. The highest BCUT2D eigenvalue weighted by molar-refractivity contribution is 5.77. The summed E-state index contributed by atoms with van der Waals surface area (Å²) in [5.74, 6) is 1.72. The molecule has 3 fully saturated rings. The molecule has 0 atom stereocenters. The van der Waals surface area contributed by atoms with Crippen LogP contribution < -0.4 is 4.90 Å². The van der Waals surface area contributed by atoms with E-state index in [0.29, 0.717) is 6.04 Å². The van der Waals surface area contributed by atoms with Crippen molar-refractivity contribution in [2.45, 2.75) is 25.8 Å². The molecule has 2 aromatic rings. The molecule has 9 heteroatoms. The predicted octanol–water partition coefficient (Wildman–Crippen LogP) is 2.64. The average molecular weight is 479 g/mol. The number of ether oxygens (including phenoxy) is 1. The summed E-state index contributed by atoms with van der Waals surface area (Å²) in [4.78, 5) is 18.8. The van der Waals surface area contributed by atoms with E-state index in [9.17, 15) is 0 Å². The Hall–Kier alpha value is -2.75. The number of piperazine rings is 1. The fourth-order valence-electron chi connectivity index (χ4n) is 5.39. The van der Waals surface area contributed by atoms with Crippen LogP contribution in [0.4, 0.5) is 11.6 Å². The molecule has 0 saturated carbocycles. The van der Waals surface area contributed by atoms with Crippen LogP contribution in [0.25, 0.3) is 17.3 Å². The summed E-state index contributed by atoms with van der Waals surface area (Å²) in [7, 11) is 2.22. The van der Waals surface area contributed by atoms with Gasteiger partial charge in [0.25, 0.3) is 0 Å². The number of rotatable bonds is 6. The van der Waals surface area contributed by atoms with Crippen molar-refractivity contribution < 1.29 is 4.74 Å². The monoisotopic (exact) mass is 478 g/mol. The second kappa shape index (κ2) is 10.9. The quantitative estimate of drug-likeness (QED) is 0.592. The van der Waals surface area contributed by atoms with Gasteiger partial charge in [0.15, 0.2) is 5.82 Å². The van der Waals surface area contributed by atoms with Crippen molar-refractivity contribution in [2.24, 2.45) is 4.99 Å². The van der Waals surface area contributed by atoms with Gasteiger partial charge in [0, 0.05) is 82.1 Å². The molecule has 0 N–H and O–H groups in total. The first kappa shape index (κ1) is 24.0. The van der Waals surface area contributed by atoms with E-state index in [2.05, 4.69) is 67.6 Å². The van der Waals surface area contributed by atoms with Crippen molar-refractivity contribution in [3.63, 3.8) is 0 Å². The highest BCUT2D eigenvalue weighted by atomic mass is 16.5. The standard InChI is InChI=1S/C26H38N8O/c1-21(31-8-5-23(6-9-31)32-12-10-30(3)11-13-32)20-34-26(27-2)24(19-29-34)22-4-7-28-25(18-22)33-14-16-35-17-15-33/h4,7,18-20,23H,2,5-6,8-17H2,1,3H3/b21-20+. The lowest BCUT2D eigenvalue weighted by Crippen LogP contribution is -2.52. The molecule has 0 amide bonds. The number of anilines is 1. The molecule has 188 valence electrons. The molecule has 5 heterocycles. The summed E-state index contributed by atoms with van der Waals surface area (Å²) < 4.78 is 7.34. The van der Waals surface area contributed by atoms with Crippen LogP contribution in [0.5, 0.6) is 0 Å². The van der Waals surface area contributed by atoms with E-state index in [1.807, 2.05) is 23.1 Å². The van der Waals surface area contributed by atoms with Crippen molar-refractivity contribution in [2.75, 3.05) is 77.5 Å². The topological polar surface area (TPSA) is 65.3 Å². The van der Waals surface area contributed by atoms with Crippen molar-refractivity contribution in [1.29, 1.82) is 0 Å². The maximum Gasteiger partial charge on any atom is 0.162 e. The maximum atomic E-state index is 5.48. The molecule has 3 saturated heterocycles. The lowest BCUT2D eigenvalue weighted by atomic mass is 10.0. The summed E-state index contributed by atoms with van der Waals surface area (Å²) in [6.07, 6.45) is 8.26. The summed E-state index contributed by atoms with van der Waals surface area (Å²) in [5, 5.41) is 4.65. The van der Waals surface area contributed by atoms with Gasteiger partial charge in [-0.05, 0) is 51.2 Å². The van der Waals surface area contributed by atoms with Gasteiger partial charge in [0.05, 0.1) is 19.4 Å². The Morgan fingerprint density at radius 1 is 1.09 bits per heavy atom. The van der Waals surface area contributed by atoms with Gasteiger partial charge in [-0.2, -0.15) is 5.10 Å². The Balaban J connectivity index is 1.27. The third-order valence-corrected chi connectivity index (χ3v) is 7.64. The lowest BCUT2D eigenvalue weighted by molar-refractivity contribution is 0.0759. The van der Waals surface area contributed by atoms with Crippen molar-refractivity contribution in [1.82, 2.24) is 29.5 Å². The number of allylic oxidation sites excluding steroid dienone is 1. The second-order valence-corrected chi connectivity index (χ2v) is 9.81. The van der Waals surface area contributed by atoms with Crippen LogP contribution in [0.1, 0.15) is 19.8 Å². The van der Waals surface area contributed by atoms with Crippen LogP contribution in [0, 0.1) is 0 Å². The van der Waals surface area contributed by atoms with Gasteiger partial charge in [-0.25, -0.2) is 14.7 Å². The summed E-state index contributed by atoms with van der Waals surface area (Å²) >= 11 is 0. The Morgan fingerprint density at radius 3 is 2.54 bits per heavy atom. The Morgan fingerprint density at radius 2 is 1.83 bits per heavy atom. The van der Waals surface area contributed by atoms with E-state index in [-0.39, 0.29) is 0 Å². The molecule has 3 aliphatic rings. The highest BCUT2D eigenvalue weighted by Gasteiger charge is 2.27. The normalized spacial score (nSPS) is 21.5. The number of likely N-dealkylation sites (tertiary alicyclic amines) is 1. The fourth-order valence-corrected chi connectivity index (χ4v) is 5.39. The molecule has 9 nitrogen and oxygen atoms in total. The molecule has 3 aliphatic heterocycles. The number of hydrogen-bond donors (Lipinski definition) is 0. The smallest absolute Gasteiger partial charge is 0.162 e. The third kappa shape index (κ3) is 5.42. The average Bonchev–Trinajstić information content (AvgIpc) is 3.32. The van der Waals surface area contributed by atoms with Crippen LogP contribution in [0.3, 0.4) is 0 Å². The first-order valence-corrected chi connectivity index (χ1v) is 12.8. The Labute approximate surface area is 208 Å². The fraction of sp³-hybridized carbons (Fsp3) is 0.577. The first-order valence-electron chi connectivity index (χ1n) is 12.8. The van der Waals surface area contributed by atoms with E-state index in [1.54, 1.807) is 0 Å². The van der Waals surface area contributed by atoms with E-state index in [1.165, 1.54) is 44.7 Å². The van der Waals surface area contributed by atoms with Crippen LogP contribution in [-0.4, -0.2) is 115 Å². The third-order valence-electron chi connectivity index (χ3n) is 7.64.